The Hall–Kier alpha value is -3.84. The van der Waals surface area contributed by atoms with E-state index in [0.29, 0.717) is 33.8 Å². The Bertz CT molecular complexity index is 1290. The Morgan fingerprint density at radius 2 is 1.64 bits per heavy atom. The molecule has 1 saturated heterocycles. The molecule has 3 aromatic rings. The zero-order valence-electron chi connectivity index (χ0n) is 20.5. The Kier molecular flexibility index (Phi) is 7.90. The number of hydrogen-bond donors (Lipinski definition) is 1. The molecule has 0 bridgehead atoms. The smallest absolute Gasteiger partial charge is 0.307 e. The highest BCUT2D eigenvalue weighted by Gasteiger charge is 2.30. The molecular formula is C29H28N2O4S. The van der Waals surface area contributed by atoms with Crippen molar-refractivity contribution in [1.82, 2.24) is 4.90 Å². The van der Waals surface area contributed by atoms with Crippen LogP contribution in [0.1, 0.15) is 42.0 Å². The van der Waals surface area contributed by atoms with Crippen molar-refractivity contribution in [2.24, 2.45) is 4.99 Å². The van der Waals surface area contributed by atoms with E-state index in [4.69, 9.17) is 9.84 Å². The van der Waals surface area contributed by atoms with Crippen molar-refractivity contribution in [1.29, 1.82) is 0 Å². The fourth-order valence-electron chi connectivity index (χ4n) is 3.60. The number of hydrogen-bond acceptors (Lipinski definition) is 5. The van der Waals surface area contributed by atoms with Crippen LogP contribution in [0.25, 0.3) is 6.08 Å². The highest BCUT2D eigenvalue weighted by atomic mass is 32.2. The van der Waals surface area contributed by atoms with Gasteiger partial charge in [0.25, 0.3) is 5.91 Å². The van der Waals surface area contributed by atoms with E-state index in [9.17, 15) is 9.59 Å². The molecule has 184 valence electrons. The van der Waals surface area contributed by atoms with Crippen molar-refractivity contribution in [2.45, 2.75) is 32.8 Å². The number of amidine groups is 1. The first kappa shape index (κ1) is 25.3. The third-order valence-corrected chi connectivity index (χ3v) is 6.81. The molecule has 1 aliphatic rings. The molecule has 0 radical (unpaired) electrons. The van der Waals surface area contributed by atoms with E-state index in [1.54, 1.807) is 31.3 Å². The van der Waals surface area contributed by atoms with Crippen LogP contribution in [0.3, 0.4) is 0 Å². The first-order valence-corrected chi connectivity index (χ1v) is 12.5. The maximum atomic E-state index is 12.7. The van der Waals surface area contributed by atoms with Gasteiger partial charge >= 0.3 is 5.97 Å². The Morgan fingerprint density at radius 1 is 1.00 bits per heavy atom. The number of benzene rings is 3. The summed E-state index contributed by atoms with van der Waals surface area (Å²) in [5.41, 5.74) is 4.68. The van der Waals surface area contributed by atoms with E-state index in [-0.39, 0.29) is 12.3 Å². The highest BCUT2D eigenvalue weighted by Crippen LogP contribution is 2.33. The summed E-state index contributed by atoms with van der Waals surface area (Å²) < 4.78 is 5.92. The van der Waals surface area contributed by atoms with Gasteiger partial charge in [0.1, 0.15) is 12.4 Å². The molecule has 3 aromatic carbocycles. The minimum atomic E-state index is -0.878. The molecule has 6 nitrogen and oxygen atoms in total. The van der Waals surface area contributed by atoms with E-state index in [1.807, 2.05) is 30.3 Å². The zero-order chi connectivity index (χ0) is 25.7. The number of carboxylic acids is 1. The standard InChI is InChI=1S/C29H28N2O4S/c1-19(2)23-10-4-22(5-11-23)18-35-25-14-8-20(9-15-25)16-26-28(34)31(3)29(36-26)30-24-12-6-21(7-13-24)17-27(32)33/h4-16,19H,17-18H2,1-3H3,(H,32,33). The van der Waals surface area contributed by atoms with Crippen LogP contribution >= 0.6 is 11.8 Å². The fourth-order valence-corrected chi connectivity index (χ4v) is 4.59. The molecule has 7 heteroatoms. The van der Waals surface area contributed by atoms with Gasteiger partial charge in [0.2, 0.25) is 0 Å². The normalized spacial score (nSPS) is 15.8. The molecule has 1 heterocycles. The van der Waals surface area contributed by atoms with E-state index in [2.05, 4.69) is 43.1 Å². The summed E-state index contributed by atoms with van der Waals surface area (Å²) in [6.45, 7) is 4.85. The van der Waals surface area contributed by atoms with Gasteiger partial charge in [-0.25, -0.2) is 4.99 Å². The monoisotopic (exact) mass is 500 g/mol. The molecular weight excluding hydrogens is 472 g/mol. The lowest BCUT2D eigenvalue weighted by atomic mass is 10.0. The zero-order valence-corrected chi connectivity index (χ0v) is 21.3. The Balaban J connectivity index is 1.39. The van der Waals surface area contributed by atoms with E-state index in [0.717, 1.165) is 16.9 Å². The number of ether oxygens (including phenoxy) is 1. The average Bonchev–Trinajstić information content (AvgIpc) is 3.12. The minimum Gasteiger partial charge on any atom is -0.489 e. The van der Waals surface area contributed by atoms with Crippen molar-refractivity contribution in [3.8, 4) is 5.75 Å². The number of nitrogens with zero attached hydrogens (tertiary/aromatic N) is 2. The molecule has 0 aliphatic carbocycles. The number of likely N-dealkylation sites (N-methyl/N-ethyl adjacent to an activating group) is 1. The van der Waals surface area contributed by atoms with Gasteiger partial charge in [-0.05, 0) is 70.3 Å². The number of rotatable bonds is 8. The molecule has 0 unspecified atom stereocenters. The highest BCUT2D eigenvalue weighted by molar-refractivity contribution is 8.18. The first-order chi connectivity index (χ1) is 17.3. The number of aliphatic imine (C=N–C) groups is 1. The third kappa shape index (κ3) is 6.43. The lowest BCUT2D eigenvalue weighted by Crippen LogP contribution is -2.23. The van der Waals surface area contributed by atoms with Gasteiger partial charge in [-0.3, -0.25) is 14.5 Å². The van der Waals surface area contributed by atoms with Crippen LogP contribution in [0.5, 0.6) is 5.75 Å². The molecule has 0 atom stereocenters. The molecule has 1 amide bonds. The van der Waals surface area contributed by atoms with Crippen LogP contribution in [-0.2, 0) is 22.6 Å². The molecule has 4 rings (SSSR count). The molecule has 36 heavy (non-hydrogen) atoms. The molecule has 1 fully saturated rings. The van der Waals surface area contributed by atoms with Gasteiger partial charge in [0.15, 0.2) is 5.17 Å². The summed E-state index contributed by atoms with van der Waals surface area (Å²) in [6.07, 6.45) is 1.81. The van der Waals surface area contributed by atoms with Crippen LogP contribution in [0.4, 0.5) is 5.69 Å². The molecule has 0 aromatic heterocycles. The molecule has 0 spiro atoms. The largest absolute Gasteiger partial charge is 0.489 e. The SMILES string of the molecule is CC(C)c1ccc(COc2ccc(C=C3SC(=Nc4ccc(CC(=O)O)cc4)N(C)C3=O)cc2)cc1. The number of carboxylic acid groups (broad SMARTS) is 1. The van der Waals surface area contributed by atoms with Gasteiger partial charge in [-0.2, -0.15) is 0 Å². The molecule has 1 N–H and O–H groups in total. The van der Waals surface area contributed by atoms with Crippen LogP contribution < -0.4 is 4.74 Å². The minimum absolute atomic E-state index is 0.0356. The third-order valence-electron chi connectivity index (χ3n) is 5.75. The topological polar surface area (TPSA) is 79.2 Å². The van der Waals surface area contributed by atoms with Crippen molar-refractivity contribution < 1.29 is 19.4 Å². The predicted octanol–water partition coefficient (Wildman–Crippen LogP) is 6.25. The van der Waals surface area contributed by atoms with Crippen LogP contribution in [0.2, 0.25) is 0 Å². The maximum Gasteiger partial charge on any atom is 0.307 e. The van der Waals surface area contributed by atoms with Crippen molar-refractivity contribution in [2.75, 3.05) is 7.05 Å². The fraction of sp³-hybridized carbons (Fsp3) is 0.207. The Morgan fingerprint density at radius 3 is 2.25 bits per heavy atom. The molecule has 0 saturated carbocycles. The van der Waals surface area contributed by atoms with Gasteiger partial charge in [-0.1, -0.05) is 62.4 Å². The Labute approximate surface area is 215 Å². The van der Waals surface area contributed by atoms with E-state index < -0.39 is 5.97 Å². The summed E-state index contributed by atoms with van der Waals surface area (Å²) in [6, 6.07) is 23.1. The summed E-state index contributed by atoms with van der Waals surface area (Å²) >= 11 is 1.31. The summed E-state index contributed by atoms with van der Waals surface area (Å²) in [5.74, 6) is 0.273. The van der Waals surface area contributed by atoms with Gasteiger partial charge in [0.05, 0.1) is 17.0 Å². The second kappa shape index (κ2) is 11.3. The van der Waals surface area contributed by atoms with Gasteiger partial charge in [-0.15, -0.1) is 0 Å². The van der Waals surface area contributed by atoms with Crippen LogP contribution in [-0.4, -0.2) is 34.1 Å². The van der Waals surface area contributed by atoms with Crippen LogP contribution in [0, 0.1) is 0 Å². The number of aliphatic carboxylic acids is 1. The first-order valence-electron chi connectivity index (χ1n) is 11.7. The van der Waals surface area contributed by atoms with E-state index in [1.165, 1.54) is 22.2 Å². The second-order valence-corrected chi connectivity index (χ2v) is 9.87. The van der Waals surface area contributed by atoms with Crippen molar-refractivity contribution >= 4 is 40.6 Å². The van der Waals surface area contributed by atoms with Gasteiger partial charge in [0, 0.05) is 7.05 Å². The summed E-state index contributed by atoms with van der Waals surface area (Å²) in [5, 5.41) is 9.47. The van der Waals surface area contributed by atoms with Crippen molar-refractivity contribution in [3.63, 3.8) is 0 Å². The number of thioether (sulfide) groups is 1. The predicted molar refractivity (Wildman–Crippen MR) is 145 cm³/mol. The molecule has 1 aliphatic heterocycles. The van der Waals surface area contributed by atoms with Crippen molar-refractivity contribution in [3.05, 3.63) is 100.0 Å². The van der Waals surface area contributed by atoms with E-state index >= 15 is 0 Å². The lowest BCUT2D eigenvalue weighted by Gasteiger charge is -2.09. The summed E-state index contributed by atoms with van der Waals surface area (Å²) in [4.78, 5) is 30.3. The quantitative estimate of drug-likeness (QED) is 0.370. The number of amides is 1. The number of carbonyl (C=O) groups is 2. The van der Waals surface area contributed by atoms with Gasteiger partial charge < -0.3 is 9.84 Å². The second-order valence-electron chi connectivity index (χ2n) is 8.86. The average molecular weight is 501 g/mol. The maximum absolute atomic E-state index is 12.7. The lowest BCUT2D eigenvalue weighted by molar-refractivity contribution is -0.136. The van der Waals surface area contributed by atoms with Crippen LogP contribution in [0.15, 0.2) is 82.7 Å². The summed E-state index contributed by atoms with van der Waals surface area (Å²) in [7, 11) is 1.69. The number of carbonyl (C=O) groups excluding carboxylic acids is 1.